The third kappa shape index (κ3) is 3.96. The molecule has 1 aliphatic carbocycles. The van der Waals surface area contributed by atoms with E-state index in [-0.39, 0.29) is 12.4 Å². The zero-order valence-corrected chi connectivity index (χ0v) is 13.2. The fraction of sp³-hybridized carbons (Fsp3) is 0.294. The Morgan fingerprint density at radius 1 is 1.17 bits per heavy atom. The minimum absolute atomic E-state index is 0.362. The van der Waals surface area contributed by atoms with Crippen molar-refractivity contribution in [1.82, 2.24) is 0 Å². The second-order valence-electron chi connectivity index (χ2n) is 5.40. The summed E-state index contributed by atoms with van der Waals surface area (Å²) < 4.78 is 17.8. The van der Waals surface area contributed by atoms with Crippen LogP contribution in [0.25, 0.3) is 0 Å². The van der Waals surface area contributed by atoms with Crippen molar-refractivity contribution < 1.29 is 18.7 Å². The molecule has 1 aromatic carbocycles. The summed E-state index contributed by atoms with van der Waals surface area (Å²) in [7, 11) is 0. The van der Waals surface area contributed by atoms with Crippen molar-refractivity contribution in [2.75, 3.05) is 11.9 Å². The number of hydrogen-bond acceptors (Lipinski definition) is 4. The molecule has 0 spiro atoms. The molecule has 0 atom stereocenters. The smallest absolute Gasteiger partial charge is 0.348 e. The fourth-order valence-electron chi connectivity index (χ4n) is 2.52. The van der Waals surface area contributed by atoms with Gasteiger partial charge in [-0.15, -0.1) is 11.3 Å². The summed E-state index contributed by atoms with van der Waals surface area (Å²) in [5.74, 6) is -1.30. The van der Waals surface area contributed by atoms with Gasteiger partial charge >= 0.3 is 5.97 Å². The number of nitrogens with one attached hydrogen (secondary N) is 1. The van der Waals surface area contributed by atoms with Gasteiger partial charge in [-0.05, 0) is 61.6 Å². The first-order chi connectivity index (χ1) is 11.1. The van der Waals surface area contributed by atoms with Gasteiger partial charge in [0.1, 0.15) is 10.7 Å². The Morgan fingerprint density at radius 2 is 1.91 bits per heavy atom. The van der Waals surface area contributed by atoms with Crippen molar-refractivity contribution in [2.24, 2.45) is 0 Å². The zero-order chi connectivity index (χ0) is 16.2. The van der Waals surface area contributed by atoms with Crippen molar-refractivity contribution >= 4 is 28.9 Å². The highest BCUT2D eigenvalue weighted by atomic mass is 32.1. The second-order valence-corrected chi connectivity index (χ2v) is 6.53. The minimum Gasteiger partial charge on any atom is -0.451 e. The number of thiophene rings is 1. The molecule has 0 bridgehead atoms. The highest BCUT2D eigenvalue weighted by Crippen LogP contribution is 2.29. The number of carbonyl (C=O) groups is 2. The monoisotopic (exact) mass is 333 g/mol. The van der Waals surface area contributed by atoms with Gasteiger partial charge in [0.25, 0.3) is 5.91 Å². The topological polar surface area (TPSA) is 55.4 Å². The molecule has 0 saturated heterocycles. The standard InChI is InChI=1S/C17H16FNO3S/c18-12-5-7-13(8-6-12)19-16(20)10-22-17(21)15-9-11-3-1-2-4-14(11)23-15/h5-9H,1-4,10H2,(H,19,20). The van der Waals surface area contributed by atoms with Crippen molar-refractivity contribution in [3.8, 4) is 0 Å². The molecule has 0 radical (unpaired) electrons. The molecule has 1 aromatic heterocycles. The molecule has 0 fully saturated rings. The average molecular weight is 333 g/mol. The van der Waals surface area contributed by atoms with Crippen LogP contribution in [0.5, 0.6) is 0 Å². The summed E-state index contributed by atoms with van der Waals surface area (Å²) in [6, 6.07) is 7.26. The van der Waals surface area contributed by atoms with E-state index in [0.717, 1.165) is 25.7 Å². The molecular formula is C17H16FNO3S. The van der Waals surface area contributed by atoms with Crippen LogP contribution in [0.1, 0.15) is 33.0 Å². The van der Waals surface area contributed by atoms with E-state index in [0.29, 0.717) is 10.6 Å². The van der Waals surface area contributed by atoms with Crippen LogP contribution < -0.4 is 5.32 Å². The molecule has 120 valence electrons. The number of halogens is 1. The summed E-state index contributed by atoms with van der Waals surface area (Å²) in [6.45, 7) is -0.362. The Balaban J connectivity index is 1.53. The molecule has 1 amide bonds. The van der Waals surface area contributed by atoms with Crippen LogP contribution in [0, 0.1) is 5.82 Å². The van der Waals surface area contributed by atoms with Crippen LogP contribution in [0.4, 0.5) is 10.1 Å². The van der Waals surface area contributed by atoms with Gasteiger partial charge < -0.3 is 10.1 Å². The van der Waals surface area contributed by atoms with Gasteiger partial charge in [-0.3, -0.25) is 4.79 Å². The number of benzene rings is 1. The van der Waals surface area contributed by atoms with Gasteiger partial charge in [0.05, 0.1) is 0 Å². The number of carbonyl (C=O) groups excluding carboxylic acids is 2. The first kappa shape index (κ1) is 15.7. The van der Waals surface area contributed by atoms with Gasteiger partial charge in [-0.2, -0.15) is 0 Å². The number of hydrogen-bond donors (Lipinski definition) is 1. The Hall–Kier alpha value is -2.21. The van der Waals surface area contributed by atoms with E-state index >= 15 is 0 Å². The van der Waals surface area contributed by atoms with Crippen LogP contribution in [-0.4, -0.2) is 18.5 Å². The van der Waals surface area contributed by atoms with Gasteiger partial charge in [0.15, 0.2) is 6.61 Å². The second kappa shape index (κ2) is 6.91. The van der Waals surface area contributed by atoms with Gasteiger partial charge in [-0.1, -0.05) is 0 Å². The Labute approximate surface area is 137 Å². The number of ether oxygens (including phenoxy) is 1. The highest BCUT2D eigenvalue weighted by molar-refractivity contribution is 7.14. The van der Waals surface area contributed by atoms with Crippen LogP contribution in [0.15, 0.2) is 30.3 Å². The number of fused-ring (bicyclic) bond motifs is 1. The Morgan fingerprint density at radius 3 is 2.65 bits per heavy atom. The normalized spacial score (nSPS) is 13.3. The lowest BCUT2D eigenvalue weighted by atomic mass is 9.99. The molecule has 23 heavy (non-hydrogen) atoms. The van der Waals surface area contributed by atoms with Crippen LogP contribution in [0.3, 0.4) is 0 Å². The van der Waals surface area contributed by atoms with E-state index in [4.69, 9.17) is 4.74 Å². The number of anilines is 1. The predicted molar refractivity (Wildman–Crippen MR) is 86.3 cm³/mol. The molecule has 1 N–H and O–H groups in total. The number of aryl methyl sites for hydroxylation is 2. The minimum atomic E-state index is -0.473. The summed E-state index contributed by atoms with van der Waals surface area (Å²) in [5.41, 5.74) is 1.68. The average Bonchev–Trinajstić information content (AvgIpc) is 2.99. The first-order valence-corrected chi connectivity index (χ1v) is 8.27. The SMILES string of the molecule is O=C(COC(=O)c1cc2c(s1)CCCC2)Nc1ccc(F)cc1. The van der Waals surface area contributed by atoms with E-state index in [1.807, 2.05) is 6.07 Å². The lowest BCUT2D eigenvalue weighted by Crippen LogP contribution is -2.20. The molecule has 1 heterocycles. The predicted octanol–water partition coefficient (Wildman–Crippen LogP) is 3.56. The van der Waals surface area contributed by atoms with Crippen LogP contribution in [-0.2, 0) is 22.4 Å². The summed E-state index contributed by atoms with van der Waals surface area (Å²) >= 11 is 1.45. The number of esters is 1. The van der Waals surface area contributed by atoms with Crippen LogP contribution in [0.2, 0.25) is 0 Å². The highest BCUT2D eigenvalue weighted by Gasteiger charge is 2.18. The molecule has 0 aliphatic heterocycles. The summed E-state index contributed by atoms with van der Waals surface area (Å²) in [4.78, 5) is 25.6. The Bertz CT molecular complexity index is 700. The molecule has 4 nitrogen and oxygen atoms in total. The molecule has 3 rings (SSSR count). The van der Waals surface area contributed by atoms with E-state index in [2.05, 4.69) is 5.32 Å². The van der Waals surface area contributed by atoms with Crippen molar-refractivity contribution in [2.45, 2.75) is 25.7 Å². The maximum atomic E-state index is 12.8. The first-order valence-electron chi connectivity index (χ1n) is 7.46. The van der Waals surface area contributed by atoms with Gasteiger partial charge in [0, 0.05) is 10.6 Å². The van der Waals surface area contributed by atoms with E-state index in [1.165, 1.54) is 46.0 Å². The zero-order valence-electron chi connectivity index (χ0n) is 12.4. The van der Waals surface area contributed by atoms with Gasteiger partial charge in [0.2, 0.25) is 0 Å². The van der Waals surface area contributed by atoms with Crippen LogP contribution >= 0.6 is 11.3 Å². The van der Waals surface area contributed by atoms with Crippen molar-refractivity contribution in [3.63, 3.8) is 0 Å². The lowest BCUT2D eigenvalue weighted by Gasteiger charge is -2.08. The third-order valence-corrected chi connectivity index (χ3v) is 4.88. The van der Waals surface area contributed by atoms with E-state index in [1.54, 1.807) is 0 Å². The van der Waals surface area contributed by atoms with E-state index in [9.17, 15) is 14.0 Å². The molecule has 6 heteroatoms. The quantitative estimate of drug-likeness (QED) is 0.871. The Kier molecular flexibility index (Phi) is 4.71. The fourth-order valence-corrected chi connectivity index (χ4v) is 3.67. The molecular weight excluding hydrogens is 317 g/mol. The maximum absolute atomic E-state index is 12.8. The van der Waals surface area contributed by atoms with Crippen molar-refractivity contribution in [1.29, 1.82) is 0 Å². The number of amides is 1. The third-order valence-electron chi connectivity index (χ3n) is 3.66. The summed E-state index contributed by atoms with van der Waals surface area (Å²) in [5, 5.41) is 2.55. The van der Waals surface area contributed by atoms with E-state index < -0.39 is 11.9 Å². The lowest BCUT2D eigenvalue weighted by molar-refractivity contribution is -0.119. The van der Waals surface area contributed by atoms with Crippen molar-refractivity contribution in [3.05, 3.63) is 51.5 Å². The van der Waals surface area contributed by atoms with Gasteiger partial charge in [-0.25, -0.2) is 9.18 Å². The molecule has 0 unspecified atom stereocenters. The number of rotatable bonds is 4. The molecule has 2 aromatic rings. The largest absolute Gasteiger partial charge is 0.451 e. The molecule has 1 aliphatic rings. The molecule has 0 saturated carbocycles. The summed E-state index contributed by atoms with van der Waals surface area (Å²) in [6.07, 6.45) is 4.32. The maximum Gasteiger partial charge on any atom is 0.348 e.